The molecule has 0 aliphatic rings. The minimum absolute atomic E-state index is 0.0637. The minimum Gasteiger partial charge on any atom is -0.465 e. The number of benzene rings is 2. The molecular weight excluding hydrogens is 452 g/mol. The number of amides is 1. The number of hydrogen-bond donors (Lipinski definition) is 1. The van der Waals surface area contributed by atoms with Crippen molar-refractivity contribution in [1.82, 2.24) is 14.5 Å². The average molecular weight is 493 g/mol. The topological polar surface area (TPSA) is 90.5 Å². The molecule has 0 saturated carbocycles. The molecular formula is C29H40N4O3. The van der Waals surface area contributed by atoms with Crippen LogP contribution in [0.2, 0.25) is 0 Å². The number of ether oxygens (including phenoxy) is 1. The summed E-state index contributed by atoms with van der Waals surface area (Å²) in [5.74, 6) is 1.55. The second-order valence-electron chi connectivity index (χ2n) is 10.2. The summed E-state index contributed by atoms with van der Waals surface area (Å²) in [5, 5.41) is 0. The number of fused-ring (bicyclic) bond motifs is 1. The normalized spacial score (nSPS) is 11.4. The summed E-state index contributed by atoms with van der Waals surface area (Å²) in [5.41, 5.74) is 9.62. The number of esters is 1. The van der Waals surface area contributed by atoms with Crippen molar-refractivity contribution in [2.24, 2.45) is 17.6 Å². The third-order valence-corrected chi connectivity index (χ3v) is 6.39. The molecule has 0 fully saturated rings. The van der Waals surface area contributed by atoms with Crippen LogP contribution in [0.4, 0.5) is 0 Å². The van der Waals surface area contributed by atoms with Crippen molar-refractivity contribution >= 4 is 22.9 Å². The van der Waals surface area contributed by atoms with E-state index in [2.05, 4.69) is 32.3 Å². The highest BCUT2D eigenvalue weighted by Gasteiger charge is 2.20. The first-order valence-electron chi connectivity index (χ1n) is 12.9. The van der Waals surface area contributed by atoms with Gasteiger partial charge in [-0.25, -0.2) is 9.78 Å². The third-order valence-electron chi connectivity index (χ3n) is 6.39. The van der Waals surface area contributed by atoms with E-state index >= 15 is 0 Å². The number of aromatic nitrogens is 2. The Hall–Kier alpha value is -3.19. The van der Waals surface area contributed by atoms with Gasteiger partial charge >= 0.3 is 5.97 Å². The second-order valence-corrected chi connectivity index (χ2v) is 10.2. The van der Waals surface area contributed by atoms with Gasteiger partial charge in [0.15, 0.2) is 0 Å². The number of carbonyl (C=O) groups is 2. The summed E-state index contributed by atoms with van der Waals surface area (Å²) in [4.78, 5) is 32.3. The molecule has 0 atom stereocenters. The molecule has 7 nitrogen and oxygen atoms in total. The van der Waals surface area contributed by atoms with E-state index < -0.39 is 0 Å². The fourth-order valence-corrected chi connectivity index (χ4v) is 4.15. The van der Waals surface area contributed by atoms with Gasteiger partial charge in [-0.1, -0.05) is 39.8 Å². The van der Waals surface area contributed by atoms with Gasteiger partial charge in [0.1, 0.15) is 5.82 Å². The van der Waals surface area contributed by atoms with Crippen LogP contribution in [0.3, 0.4) is 0 Å². The smallest absolute Gasteiger partial charge is 0.337 e. The maximum atomic E-state index is 13.6. The first kappa shape index (κ1) is 27.4. The summed E-state index contributed by atoms with van der Waals surface area (Å²) in [7, 11) is 1.37. The van der Waals surface area contributed by atoms with Crippen LogP contribution in [-0.4, -0.2) is 53.1 Å². The van der Waals surface area contributed by atoms with Crippen LogP contribution in [0.5, 0.6) is 0 Å². The van der Waals surface area contributed by atoms with Crippen molar-refractivity contribution in [3.63, 3.8) is 0 Å². The molecule has 0 unspecified atom stereocenters. The van der Waals surface area contributed by atoms with Crippen LogP contribution >= 0.6 is 0 Å². The van der Waals surface area contributed by atoms with Crippen LogP contribution in [0.15, 0.2) is 42.5 Å². The lowest BCUT2D eigenvalue weighted by atomic mass is 10.1. The fraction of sp³-hybridized carbons (Fsp3) is 0.483. The number of nitrogens with two attached hydrogens (primary N) is 1. The number of rotatable bonds is 12. The Bertz CT molecular complexity index is 1150. The van der Waals surface area contributed by atoms with Gasteiger partial charge in [0.05, 0.1) is 23.7 Å². The summed E-state index contributed by atoms with van der Waals surface area (Å²) in [6, 6.07) is 13.0. The largest absolute Gasteiger partial charge is 0.465 e. The maximum Gasteiger partial charge on any atom is 0.337 e. The molecule has 2 aromatic carbocycles. The molecule has 1 amide bonds. The maximum absolute atomic E-state index is 13.6. The molecule has 0 radical (unpaired) electrons. The predicted molar refractivity (Wildman–Crippen MR) is 145 cm³/mol. The quantitative estimate of drug-likeness (QED) is 0.343. The van der Waals surface area contributed by atoms with Gasteiger partial charge in [0.25, 0.3) is 5.91 Å². The summed E-state index contributed by atoms with van der Waals surface area (Å²) in [6.07, 6.45) is 2.74. The molecule has 0 aliphatic carbocycles. The monoisotopic (exact) mass is 492 g/mol. The molecule has 194 valence electrons. The van der Waals surface area contributed by atoms with E-state index in [4.69, 9.17) is 15.5 Å². The summed E-state index contributed by atoms with van der Waals surface area (Å²) >= 11 is 0. The van der Waals surface area contributed by atoms with Gasteiger partial charge in [-0.3, -0.25) is 4.79 Å². The van der Waals surface area contributed by atoms with Crippen LogP contribution in [0, 0.1) is 11.8 Å². The zero-order valence-corrected chi connectivity index (χ0v) is 22.3. The Morgan fingerprint density at radius 2 is 1.58 bits per heavy atom. The van der Waals surface area contributed by atoms with E-state index in [1.54, 1.807) is 12.1 Å². The Balaban J connectivity index is 1.99. The van der Waals surface area contributed by atoms with Crippen molar-refractivity contribution in [3.8, 4) is 11.4 Å². The molecule has 2 N–H and O–H groups in total. The highest BCUT2D eigenvalue weighted by atomic mass is 16.5. The molecule has 1 heterocycles. The van der Waals surface area contributed by atoms with E-state index in [1.165, 1.54) is 7.11 Å². The molecule has 3 aromatic rings. The van der Waals surface area contributed by atoms with E-state index in [0.717, 1.165) is 54.8 Å². The van der Waals surface area contributed by atoms with Gasteiger partial charge in [-0.2, -0.15) is 0 Å². The molecule has 7 heteroatoms. The first-order valence-corrected chi connectivity index (χ1v) is 12.9. The number of nitrogens with zero attached hydrogens (tertiary/aromatic N) is 3. The zero-order chi connectivity index (χ0) is 26.2. The van der Waals surface area contributed by atoms with E-state index in [9.17, 15) is 9.59 Å². The van der Waals surface area contributed by atoms with E-state index in [-0.39, 0.29) is 11.9 Å². The van der Waals surface area contributed by atoms with Gasteiger partial charge in [0.2, 0.25) is 0 Å². The Kier molecular flexibility index (Phi) is 9.65. The Morgan fingerprint density at radius 1 is 0.972 bits per heavy atom. The van der Waals surface area contributed by atoms with Crippen molar-refractivity contribution < 1.29 is 14.3 Å². The number of aryl methyl sites for hydroxylation is 1. The number of methoxy groups -OCH3 is 1. The first-order chi connectivity index (χ1) is 17.2. The molecule has 36 heavy (non-hydrogen) atoms. The van der Waals surface area contributed by atoms with Gasteiger partial charge in [-0.15, -0.1) is 0 Å². The Morgan fingerprint density at radius 3 is 2.14 bits per heavy atom. The molecule has 0 aliphatic heterocycles. The number of hydrogen-bond acceptors (Lipinski definition) is 5. The van der Waals surface area contributed by atoms with Gasteiger partial charge in [-0.05, 0) is 68.0 Å². The molecule has 3 rings (SSSR count). The Labute approximate surface area is 214 Å². The van der Waals surface area contributed by atoms with Gasteiger partial charge in [0, 0.05) is 30.8 Å². The highest BCUT2D eigenvalue weighted by Crippen LogP contribution is 2.27. The fourth-order valence-electron chi connectivity index (χ4n) is 4.15. The van der Waals surface area contributed by atoms with Gasteiger partial charge < -0.3 is 19.9 Å². The predicted octanol–water partition coefficient (Wildman–Crippen LogP) is 5.37. The van der Waals surface area contributed by atoms with Crippen LogP contribution in [-0.2, 0) is 11.3 Å². The molecule has 0 saturated heterocycles. The highest BCUT2D eigenvalue weighted by molar-refractivity contribution is 5.98. The third kappa shape index (κ3) is 6.72. The lowest BCUT2D eigenvalue weighted by Crippen LogP contribution is -2.34. The average Bonchev–Trinajstić information content (AvgIpc) is 3.24. The van der Waals surface area contributed by atoms with Crippen LogP contribution in [0.25, 0.3) is 22.4 Å². The standard InChI is InChI=1S/C29H40N4O3/c1-20(2)13-17-32(18-14-21(3)4)28(34)24-11-12-25-26(19-24)33(16-6-15-30)27(31-25)22-7-9-23(10-8-22)29(35)36-5/h7-12,19-21H,6,13-18,30H2,1-5H3. The van der Waals surface area contributed by atoms with E-state index in [1.807, 2.05) is 35.2 Å². The SMILES string of the molecule is COC(=O)c1ccc(-c2nc3ccc(C(=O)N(CCC(C)C)CCC(C)C)cc3n2CCCN)cc1. The second kappa shape index (κ2) is 12.7. The lowest BCUT2D eigenvalue weighted by Gasteiger charge is -2.24. The van der Waals surface area contributed by atoms with Crippen molar-refractivity contribution in [2.45, 2.75) is 53.5 Å². The van der Waals surface area contributed by atoms with Crippen molar-refractivity contribution in [1.29, 1.82) is 0 Å². The summed E-state index contributed by atoms with van der Waals surface area (Å²) in [6.45, 7) is 11.5. The van der Waals surface area contributed by atoms with Crippen LogP contribution in [0.1, 0.15) is 67.7 Å². The zero-order valence-electron chi connectivity index (χ0n) is 22.3. The molecule has 1 aromatic heterocycles. The summed E-state index contributed by atoms with van der Waals surface area (Å²) < 4.78 is 6.94. The van der Waals surface area contributed by atoms with Crippen molar-refractivity contribution in [2.75, 3.05) is 26.7 Å². The number of carbonyl (C=O) groups excluding carboxylic acids is 2. The molecule has 0 bridgehead atoms. The van der Waals surface area contributed by atoms with Crippen LogP contribution < -0.4 is 5.73 Å². The van der Waals surface area contributed by atoms with Crippen molar-refractivity contribution in [3.05, 3.63) is 53.6 Å². The van der Waals surface area contributed by atoms with E-state index in [0.29, 0.717) is 36.1 Å². The minimum atomic E-state index is -0.374. The number of imidazole rings is 1. The lowest BCUT2D eigenvalue weighted by molar-refractivity contribution is 0.0600. The molecule has 0 spiro atoms.